The highest BCUT2D eigenvalue weighted by molar-refractivity contribution is 5.79. The van der Waals surface area contributed by atoms with Gasteiger partial charge in [0.15, 0.2) is 0 Å². The second-order valence-electron chi connectivity index (χ2n) is 5.57. The zero-order valence-electron chi connectivity index (χ0n) is 12.7. The van der Waals surface area contributed by atoms with Gasteiger partial charge in [0.2, 0.25) is 11.7 Å². The van der Waals surface area contributed by atoms with E-state index < -0.39 is 11.9 Å². The fraction of sp³-hybridized carbons (Fsp3) is 0.400. The van der Waals surface area contributed by atoms with Crippen LogP contribution >= 0.6 is 0 Å². The first-order valence-electron chi connectivity index (χ1n) is 7.42. The minimum Gasteiger partial charge on any atom is -0.481 e. The maximum Gasteiger partial charge on any atom is 0.308 e. The molecule has 1 fully saturated rings. The third-order valence-corrected chi connectivity index (χ3v) is 4.15. The SMILES string of the molecule is CC1C(C(=O)O)CCN1C(=O)Cn1nnc(-c2ccccc2)n1. The number of hydrogen-bond acceptors (Lipinski definition) is 5. The Balaban J connectivity index is 1.67. The fourth-order valence-electron chi connectivity index (χ4n) is 2.85. The molecule has 0 radical (unpaired) electrons. The molecule has 2 unspecified atom stereocenters. The third kappa shape index (κ3) is 3.05. The van der Waals surface area contributed by atoms with E-state index in [0.717, 1.165) is 5.56 Å². The van der Waals surface area contributed by atoms with Gasteiger partial charge in [0, 0.05) is 18.2 Å². The molecule has 0 aliphatic carbocycles. The van der Waals surface area contributed by atoms with Crippen LogP contribution in [0.1, 0.15) is 13.3 Å². The van der Waals surface area contributed by atoms with Crippen molar-refractivity contribution in [1.29, 1.82) is 0 Å². The molecule has 1 amide bonds. The highest BCUT2D eigenvalue weighted by atomic mass is 16.4. The predicted octanol–water partition coefficient (Wildman–Crippen LogP) is 0.662. The van der Waals surface area contributed by atoms with Crippen molar-refractivity contribution < 1.29 is 14.7 Å². The van der Waals surface area contributed by atoms with Gasteiger partial charge in [0.25, 0.3) is 0 Å². The van der Waals surface area contributed by atoms with Crippen LogP contribution in [-0.2, 0) is 16.1 Å². The zero-order chi connectivity index (χ0) is 16.4. The zero-order valence-corrected chi connectivity index (χ0v) is 12.7. The second-order valence-corrected chi connectivity index (χ2v) is 5.57. The minimum atomic E-state index is -0.863. The van der Waals surface area contributed by atoms with Crippen LogP contribution in [0.15, 0.2) is 30.3 Å². The molecule has 3 rings (SSSR count). The molecule has 0 spiro atoms. The lowest BCUT2D eigenvalue weighted by Gasteiger charge is -2.22. The van der Waals surface area contributed by atoms with Gasteiger partial charge in [-0.3, -0.25) is 9.59 Å². The van der Waals surface area contributed by atoms with Crippen molar-refractivity contribution in [2.24, 2.45) is 5.92 Å². The molecule has 8 heteroatoms. The molecule has 1 aliphatic heterocycles. The molecule has 2 atom stereocenters. The average Bonchev–Trinajstić information content (AvgIpc) is 3.15. The Labute approximate surface area is 132 Å². The number of likely N-dealkylation sites (tertiary alicyclic amines) is 1. The first-order valence-corrected chi connectivity index (χ1v) is 7.42. The predicted molar refractivity (Wildman–Crippen MR) is 80.2 cm³/mol. The highest BCUT2D eigenvalue weighted by Gasteiger charge is 2.38. The number of carboxylic acid groups (broad SMARTS) is 1. The molecule has 0 bridgehead atoms. The molecule has 1 aromatic carbocycles. The van der Waals surface area contributed by atoms with E-state index in [1.807, 2.05) is 30.3 Å². The van der Waals surface area contributed by atoms with E-state index in [9.17, 15) is 9.59 Å². The number of aromatic nitrogens is 4. The maximum absolute atomic E-state index is 12.3. The quantitative estimate of drug-likeness (QED) is 0.889. The van der Waals surface area contributed by atoms with Gasteiger partial charge < -0.3 is 10.0 Å². The fourth-order valence-corrected chi connectivity index (χ4v) is 2.85. The lowest BCUT2D eigenvalue weighted by atomic mass is 10.0. The van der Waals surface area contributed by atoms with Crippen molar-refractivity contribution in [1.82, 2.24) is 25.1 Å². The molecule has 8 nitrogen and oxygen atoms in total. The summed E-state index contributed by atoms with van der Waals surface area (Å²) in [5.41, 5.74) is 0.826. The molecular weight excluding hydrogens is 298 g/mol. The number of nitrogens with zero attached hydrogens (tertiary/aromatic N) is 5. The molecule has 1 aliphatic rings. The van der Waals surface area contributed by atoms with Gasteiger partial charge >= 0.3 is 5.97 Å². The van der Waals surface area contributed by atoms with Crippen molar-refractivity contribution in [3.63, 3.8) is 0 Å². The number of aliphatic carboxylic acids is 1. The number of tetrazole rings is 1. The number of amides is 1. The molecule has 1 saturated heterocycles. The van der Waals surface area contributed by atoms with Crippen LogP contribution in [0.3, 0.4) is 0 Å². The van der Waals surface area contributed by atoms with Crippen LogP contribution in [0.5, 0.6) is 0 Å². The van der Waals surface area contributed by atoms with Gasteiger partial charge in [-0.05, 0) is 18.6 Å². The molecular formula is C15H17N5O3. The van der Waals surface area contributed by atoms with E-state index >= 15 is 0 Å². The number of benzene rings is 1. The van der Waals surface area contributed by atoms with Crippen LogP contribution in [0.4, 0.5) is 0 Å². The van der Waals surface area contributed by atoms with Gasteiger partial charge in [-0.1, -0.05) is 30.3 Å². The Morgan fingerprint density at radius 1 is 1.30 bits per heavy atom. The summed E-state index contributed by atoms with van der Waals surface area (Å²) in [5.74, 6) is -1.12. The first-order chi connectivity index (χ1) is 11.1. The van der Waals surface area contributed by atoms with E-state index in [2.05, 4.69) is 15.4 Å². The van der Waals surface area contributed by atoms with Crippen molar-refractivity contribution in [3.8, 4) is 11.4 Å². The summed E-state index contributed by atoms with van der Waals surface area (Å²) in [5, 5.41) is 21.2. The maximum atomic E-state index is 12.3. The van der Waals surface area contributed by atoms with Crippen LogP contribution in [0.2, 0.25) is 0 Å². The Morgan fingerprint density at radius 3 is 2.70 bits per heavy atom. The number of carbonyl (C=O) groups excluding carboxylic acids is 1. The van der Waals surface area contributed by atoms with Crippen molar-refractivity contribution >= 4 is 11.9 Å². The van der Waals surface area contributed by atoms with E-state index in [4.69, 9.17) is 5.11 Å². The van der Waals surface area contributed by atoms with Gasteiger partial charge in [-0.2, -0.15) is 4.80 Å². The molecule has 23 heavy (non-hydrogen) atoms. The number of carbonyl (C=O) groups is 2. The van der Waals surface area contributed by atoms with Crippen molar-refractivity contribution in [2.75, 3.05) is 6.54 Å². The van der Waals surface area contributed by atoms with Gasteiger partial charge in [0.05, 0.1) is 5.92 Å². The summed E-state index contributed by atoms with van der Waals surface area (Å²) in [4.78, 5) is 26.3. The third-order valence-electron chi connectivity index (χ3n) is 4.15. The van der Waals surface area contributed by atoms with E-state index in [1.54, 1.807) is 11.8 Å². The van der Waals surface area contributed by atoms with Crippen LogP contribution in [-0.4, -0.2) is 54.7 Å². The summed E-state index contributed by atoms with van der Waals surface area (Å²) in [6.45, 7) is 2.15. The van der Waals surface area contributed by atoms with Crippen molar-refractivity contribution in [2.45, 2.75) is 25.9 Å². The summed E-state index contributed by atoms with van der Waals surface area (Å²) in [7, 11) is 0. The van der Waals surface area contributed by atoms with E-state index in [0.29, 0.717) is 18.8 Å². The minimum absolute atomic E-state index is 0.0451. The number of hydrogen-bond donors (Lipinski definition) is 1. The van der Waals surface area contributed by atoms with Gasteiger partial charge in [0.1, 0.15) is 6.54 Å². The Hall–Kier alpha value is -2.77. The van der Waals surface area contributed by atoms with Gasteiger partial charge in [-0.15, -0.1) is 10.2 Å². The lowest BCUT2D eigenvalue weighted by molar-refractivity contribution is -0.143. The number of rotatable bonds is 4. The average molecular weight is 315 g/mol. The molecule has 2 heterocycles. The molecule has 1 aromatic heterocycles. The largest absolute Gasteiger partial charge is 0.481 e. The van der Waals surface area contributed by atoms with Crippen LogP contribution < -0.4 is 0 Å². The smallest absolute Gasteiger partial charge is 0.308 e. The molecule has 2 aromatic rings. The van der Waals surface area contributed by atoms with Crippen LogP contribution in [0, 0.1) is 5.92 Å². The van der Waals surface area contributed by atoms with E-state index in [1.165, 1.54) is 4.80 Å². The summed E-state index contributed by atoms with van der Waals surface area (Å²) in [6.07, 6.45) is 0.474. The molecule has 1 N–H and O–H groups in total. The summed E-state index contributed by atoms with van der Waals surface area (Å²) < 4.78 is 0. The van der Waals surface area contributed by atoms with E-state index in [-0.39, 0.29) is 18.5 Å². The molecule has 0 saturated carbocycles. The monoisotopic (exact) mass is 315 g/mol. The second kappa shape index (κ2) is 6.15. The Bertz CT molecular complexity index is 715. The summed E-state index contributed by atoms with van der Waals surface area (Å²) >= 11 is 0. The Kier molecular flexibility index (Phi) is 4.05. The van der Waals surface area contributed by atoms with Crippen LogP contribution in [0.25, 0.3) is 11.4 Å². The first kappa shape index (κ1) is 15.1. The lowest BCUT2D eigenvalue weighted by Crippen LogP contribution is -2.39. The topological polar surface area (TPSA) is 101 Å². The standard InChI is InChI=1S/C15H17N5O3/c1-10-12(15(22)23)7-8-19(10)13(21)9-20-17-14(16-18-20)11-5-3-2-4-6-11/h2-6,10,12H,7-9H2,1H3,(H,22,23). The number of carboxylic acids is 1. The van der Waals surface area contributed by atoms with Crippen molar-refractivity contribution in [3.05, 3.63) is 30.3 Å². The normalized spacial score (nSPS) is 20.7. The van der Waals surface area contributed by atoms with Gasteiger partial charge in [-0.25, -0.2) is 0 Å². The highest BCUT2D eigenvalue weighted by Crippen LogP contribution is 2.24. The Morgan fingerprint density at radius 2 is 2.04 bits per heavy atom. The summed E-state index contributed by atoms with van der Waals surface area (Å²) in [6, 6.07) is 9.05. The molecule has 120 valence electrons.